The first-order chi connectivity index (χ1) is 16.9. The molecule has 2 nitrogen and oxygen atoms in total. The van der Waals surface area contributed by atoms with E-state index >= 15 is 0 Å². The van der Waals surface area contributed by atoms with E-state index in [0.717, 1.165) is 24.0 Å². The third kappa shape index (κ3) is 5.29. The highest BCUT2D eigenvalue weighted by Gasteiger charge is 2.17. The molecule has 0 spiro atoms. The summed E-state index contributed by atoms with van der Waals surface area (Å²) in [6.07, 6.45) is 2.59. The summed E-state index contributed by atoms with van der Waals surface area (Å²) in [6.45, 7) is 3.98. The molecule has 0 unspecified atom stereocenters. The van der Waals surface area contributed by atoms with E-state index in [1.54, 1.807) is 24.3 Å². The molecule has 0 radical (unpaired) electrons. The molecule has 0 aromatic heterocycles. The average Bonchev–Trinajstić information content (AvgIpc) is 2.87. The number of carbonyl (C=O) groups excluding carboxylic acids is 1. The van der Waals surface area contributed by atoms with Crippen LogP contribution in [0, 0.1) is 17.5 Å². The molecule has 0 heterocycles. The second kappa shape index (κ2) is 10.6. The van der Waals surface area contributed by atoms with Gasteiger partial charge >= 0.3 is 5.97 Å². The van der Waals surface area contributed by atoms with E-state index in [4.69, 9.17) is 4.74 Å². The van der Waals surface area contributed by atoms with Gasteiger partial charge in [-0.05, 0) is 59.4 Å². The summed E-state index contributed by atoms with van der Waals surface area (Å²) < 4.78 is 49.3. The van der Waals surface area contributed by atoms with Gasteiger partial charge < -0.3 is 4.74 Å². The Kier molecular flexibility index (Phi) is 7.35. The third-order valence-corrected chi connectivity index (χ3v) is 5.92. The molecule has 0 atom stereocenters. The van der Waals surface area contributed by atoms with Crippen LogP contribution in [0.3, 0.4) is 0 Å². The van der Waals surface area contributed by atoms with Gasteiger partial charge in [-0.25, -0.2) is 18.0 Å². The van der Waals surface area contributed by atoms with Crippen LogP contribution in [0.15, 0.2) is 78.9 Å². The number of rotatable bonds is 7. The number of aryl methyl sites for hydroxylation is 2. The molecule has 4 rings (SSSR count). The van der Waals surface area contributed by atoms with E-state index in [9.17, 15) is 18.0 Å². The van der Waals surface area contributed by atoms with E-state index in [1.165, 1.54) is 42.5 Å². The topological polar surface area (TPSA) is 26.3 Å². The summed E-state index contributed by atoms with van der Waals surface area (Å²) in [7, 11) is 0. The summed E-state index contributed by atoms with van der Waals surface area (Å²) in [5.41, 5.74) is 3.06. The number of halogens is 3. The standard InChI is InChI=1S/C30H25F3O2/c1-3-5-20-6-9-21(10-7-20)24-16-17-25(29(33)28(24)32)22-11-13-23(14-12-22)35-30(34)26-15-8-19(4-2)18-27(26)31/h6-18H,3-5H2,1-2H3. The van der Waals surface area contributed by atoms with E-state index in [0.29, 0.717) is 17.5 Å². The summed E-state index contributed by atoms with van der Waals surface area (Å²) in [6, 6.07) is 20.9. The Hall–Kier alpha value is -3.86. The first-order valence-electron chi connectivity index (χ1n) is 11.6. The van der Waals surface area contributed by atoms with Crippen molar-refractivity contribution in [2.45, 2.75) is 33.1 Å². The fourth-order valence-electron chi connectivity index (χ4n) is 3.94. The van der Waals surface area contributed by atoms with Crippen molar-refractivity contribution in [3.05, 3.63) is 113 Å². The van der Waals surface area contributed by atoms with E-state index in [1.807, 2.05) is 19.1 Å². The summed E-state index contributed by atoms with van der Waals surface area (Å²) >= 11 is 0. The Balaban J connectivity index is 1.53. The molecule has 5 heteroatoms. The van der Waals surface area contributed by atoms with Gasteiger partial charge in [0.2, 0.25) is 0 Å². The predicted octanol–water partition coefficient (Wildman–Crippen LogP) is 8.17. The zero-order valence-electron chi connectivity index (χ0n) is 19.6. The fraction of sp³-hybridized carbons (Fsp3) is 0.167. The first kappa shape index (κ1) is 24.3. The lowest BCUT2D eigenvalue weighted by Crippen LogP contribution is -2.11. The minimum Gasteiger partial charge on any atom is -0.423 e. The van der Waals surface area contributed by atoms with Crippen molar-refractivity contribution in [1.82, 2.24) is 0 Å². The fourth-order valence-corrected chi connectivity index (χ4v) is 3.94. The Bertz CT molecular complexity index is 1340. The Morgan fingerprint density at radius 2 is 1.26 bits per heavy atom. The maximum absolute atomic E-state index is 15.0. The molecule has 0 N–H and O–H groups in total. The maximum Gasteiger partial charge on any atom is 0.346 e. The number of benzene rings is 4. The van der Waals surface area contributed by atoms with Gasteiger partial charge in [0, 0.05) is 11.1 Å². The second-order valence-corrected chi connectivity index (χ2v) is 8.32. The average molecular weight is 475 g/mol. The lowest BCUT2D eigenvalue weighted by molar-refractivity contribution is 0.0730. The van der Waals surface area contributed by atoms with E-state index in [-0.39, 0.29) is 22.4 Å². The van der Waals surface area contributed by atoms with Crippen LogP contribution >= 0.6 is 0 Å². The van der Waals surface area contributed by atoms with Crippen LogP contribution in [-0.4, -0.2) is 5.97 Å². The van der Waals surface area contributed by atoms with Gasteiger partial charge in [0.1, 0.15) is 11.6 Å². The normalized spacial score (nSPS) is 10.9. The summed E-state index contributed by atoms with van der Waals surface area (Å²) in [5, 5.41) is 0. The number of carbonyl (C=O) groups is 1. The van der Waals surface area contributed by atoms with Gasteiger partial charge in [-0.1, -0.05) is 74.9 Å². The molecule has 0 saturated carbocycles. The van der Waals surface area contributed by atoms with Crippen molar-refractivity contribution in [2.24, 2.45) is 0 Å². The van der Waals surface area contributed by atoms with Gasteiger partial charge in [0.15, 0.2) is 11.6 Å². The number of hydrogen-bond acceptors (Lipinski definition) is 2. The monoisotopic (exact) mass is 474 g/mol. The van der Waals surface area contributed by atoms with Crippen molar-refractivity contribution >= 4 is 5.97 Å². The molecule has 35 heavy (non-hydrogen) atoms. The minimum atomic E-state index is -0.956. The van der Waals surface area contributed by atoms with Crippen LogP contribution in [-0.2, 0) is 12.8 Å². The lowest BCUT2D eigenvalue weighted by atomic mass is 9.97. The summed E-state index contributed by atoms with van der Waals surface area (Å²) in [5.74, 6) is -3.19. The molecule has 0 bridgehead atoms. The molecule has 4 aromatic carbocycles. The molecule has 4 aromatic rings. The van der Waals surface area contributed by atoms with Crippen LogP contribution in [0.4, 0.5) is 13.2 Å². The molecule has 0 saturated heterocycles. The number of ether oxygens (including phenoxy) is 1. The molecular formula is C30H25F3O2. The largest absolute Gasteiger partial charge is 0.423 e. The van der Waals surface area contributed by atoms with Gasteiger partial charge in [-0.2, -0.15) is 0 Å². The van der Waals surface area contributed by atoms with Crippen LogP contribution in [0.25, 0.3) is 22.3 Å². The SMILES string of the molecule is CCCc1ccc(-c2ccc(-c3ccc(OC(=O)c4ccc(CC)cc4F)cc3)c(F)c2F)cc1. The quantitative estimate of drug-likeness (QED) is 0.199. The van der Waals surface area contributed by atoms with Crippen molar-refractivity contribution in [3.63, 3.8) is 0 Å². The van der Waals surface area contributed by atoms with Crippen molar-refractivity contribution in [2.75, 3.05) is 0 Å². The van der Waals surface area contributed by atoms with E-state index in [2.05, 4.69) is 6.92 Å². The highest BCUT2D eigenvalue weighted by molar-refractivity contribution is 5.91. The zero-order valence-corrected chi connectivity index (χ0v) is 19.6. The predicted molar refractivity (Wildman–Crippen MR) is 132 cm³/mol. The first-order valence-corrected chi connectivity index (χ1v) is 11.6. The smallest absolute Gasteiger partial charge is 0.346 e. The highest BCUT2D eigenvalue weighted by Crippen LogP contribution is 2.32. The molecule has 178 valence electrons. The molecule has 0 amide bonds. The van der Waals surface area contributed by atoms with Gasteiger partial charge in [-0.3, -0.25) is 0 Å². The molecule has 0 aliphatic carbocycles. The second-order valence-electron chi connectivity index (χ2n) is 8.32. The Labute approximate surface area is 203 Å². The third-order valence-electron chi connectivity index (χ3n) is 5.92. The van der Waals surface area contributed by atoms with Crippen molar-refractivity contribution in [3.8, 4) is 28.0 Å². The minimum absolute atomic E-state index is 0.0907. The molecule has 0 aliphatic heterocycles. The number of hydrogen-bond donors (Lipinski definition) is 0. The number of esters is 1. The highest BCUT2D eigenvalue weighted by atomic mass is 19.2. The summed E-state index contributed by atoms with van der Waals surface area (Å²) in [4.78, 5) is 12.3. The maximum atomic E-state index is 15.0. The molecule has 0 aliphatic rings. The van der Waals surface area contributed by atoms with Gasteiger partial charge in [0.05, 0.1) is 5.56 Å². The van der Waals surface area contributed by atoms with Crippen LogP contribution < -0.4 is 4.74 Å². The lowest BCUT2D eigenvalue weighted by Gasteiger charge is -2.11. The van der Waals surface area contributed by atoms with E-state index < -0.39 is 23.4 Å². The molecule has 0 fully saturated rings. The van der Waals surface area contributed by atoms with Crippen molar-refractivity contribution < 1.29 is 22.7 Å². The van der Waals surface area contributed by atoms with Crippen LogP contribution in [0.5, 0.6) is 5.75 Å². The zero-order chi connectivity index (χ0) is 24.9. The molecular weight excluding hydrogens is 449 g/mol. The van der Waals surface area contributed by atoms with Crippen LogP contribution in [0.2, 0.25) is 0 Å². The Morgan fingerprint density at radius 3 is 1.77 bits per heavy atom. The van der Waals surface area contributed by atoms with Crippen molar-refractivity contribution in [1.29, 1.82) is 0 Å². The Morgan fingerprint density at radius 1 is 0.714 bits per heavy atom. The van der Waals surface area contributed by atoms with Gasteiger partial charge in [0.25, 0.3) is 0 Å². The van der Waals surface area contributed by atoms with Crippen LogP contribution in [0.1, 0.15) is 41.8 Å². The van der Waals surface area contributed by atoms with Gasteiger partial charge in [-0.15, -0.1) is 0 Å².